The van der Waals surface area contributed by atoms with Crippen LogP contribution in [0.5, 0.6) is 17.4 Å². The summed E-state index contributed by atoms with van der Waals surface area (Å²) < 4.78 is 12.4. The van der Waals surface area contributed by atoms with Gasteiger partial charge in [0.15, 0.2) is 11.5 Å². The first-order valence-corrected chi connectivity index (χ1v) is 7.02. The fourth-order valence-corrected chi connectivity index (χ4v) is 2.05. The van der Waals surface area contributed by atoms with Gasteiger partial charge < -0.3 is 9.47 Å². The summed E-state index contributed by atoms with van der Waals surface area (Å²) in [5.74, 6) is 2.03. The third kappa shape index (κ3) is 3.70. The molecule has 0 atom stereocenters. The van der Waals surface area contributed by atoms with Gasteiger partial charge in [-0.3, -0.25) is 0 Å². The lowest BCUT2D eigenvalue weighted by Gasteiger charge is -2.12. The molecule has 0 spiro atoms. The molecule has 0 saturated heterocycles. The van der Waals surface area contributed by atoms with E-state index in [1.807, 2.05) is 37.3 Å². The molecule has 0 fully saturated rings. The molecule has 0 N–H and O–H groups in total. The van der Waals surface area contributed by atoms with Crippen molar-refractivity contribution in [3.05, 3.63) is 46.6 Å². The van der Waals surface area contributed by atoms with Crippen molar-refractivity contribution in [2.24, 2.45) is 0 Å². The van der Waals surface area contributed by atoms with Crippen molar-refractivity contribution < 1.29 is 9.47 Å². The zero-order valence-corrected chi connectivity index (χ0v) is 12.6. The maximum absolute atomic E-state index is 5.84. The molecular weight excluding hydrogens is 306 g/mol. The van der Waals surface area contributed by atoms with Crippen molar-refractivity contribution in [2.75, 3.05) is 6.61 Å². The Morgan fingerprint density at radius 2 is 1.95 bits per heavy atom. The summed E-state index contributed by atoms with van der Waals surface area (Å²) in [4.78, 5) is 4.27. The predicted octanol–water partition coefficient (Wildman–Crippen LogP) is 4.73. The Kier molecular flexibility index (Phi) is 4.80. The van der Waals surface area contributed by atoms with Crippen LogP contribution in [-0.4, -0.2) is 11.6 Å². The number of hydrogen-bond donors (Lipinski definition) is 0. The van der Waals surface area contributed by atoms with Gasteiger partial charge in [-0.2, -0.15) is 0 Å². The number of hydrogen-bond acceptors (Lipinski definition) is 3. The van der Waals surface area contributed by atoms with Crippen LogP contribution in [0.4, 0.5) is 0 Å². The fraction of sp³-hybridized carbons (Fsp3) is 0.267. The molecule has 3 nitrogen and oxygen atoms in total. The van der Waals surface area contributed by atoms with Gasteiger partial charge in [0, 0.05) is 16.2 Å². The average Bonchev–Trinajstić information content (AvgIpc) is 2.41. The molecule has 1 aromatic heterocycles. The van der Waals surface area contributed by atoms with Crippen molar-refractivity contribution in [3.63, 3.8) is 0 Å². The number of halogens is 1. The van der Waals surface area contributed by atoms with E-state index in [2.05, 4.69) is 27.8 Å². The Balaban J connectivity index is 2.22. The fourth-order valence-electron chi connectivity index (χ4n) is 1.60. The quantitative estimate of drug-likeness (QED) is 0.797. The highest BCUT2D eigenvalue weighted by Crippen LogP contribution is 2.32. The molecule has 0 radical (unpaired) electrons. The summed E-state index contributed by atoms with van der Waals surface area (Å²) in [6, 6.07) is 9.60. The average molecular weight is 322 g/mol. The molecule has 0 aliphatic rings. The second-order valence-electron chi connectivity index (χ2n) is 4.17. The van der Waals surface area contributed by atoms with E-state index >= 15 is 0 Å². The number of aromatic nitrogens is 1. The van der Waals surface area contributed by atoms with E-state index in [-0.39, 0.29) is 0 Å². The first kappa shape index (κ1) is 13.9. The summed E-state index contributed by atoms with van der Waals surface area (Å²) in [6.07, 6.45) is 2.68. The molecule has 2 aromatic rings. The smallest absolute Gasteiger partial charge is 0.222 e. The van der Waals surface area contributed by atoms with Crippen molar-refractivity contribution in [1.29, 1.82) is 0 Å². The van der Waals surface area contributed by atoms with Gasteiger partial charge in [-0.1, -0.05) is 19.1 Å². The topological polar surface area (TPSA) is 31.4 Å². The lowest BCUT2D eigenvalue weighted by atomic mass is 10.3. The van der Waals surface area contributed by atoms with Gasteiger partial charge in [-0.05, 0) is 47.5 Å². The lowest BCUT2D eigenvalue weighted by molar-refractivity contribution is 0.300. The highest BCUT2D eigenvalue weighted by molar-refractivity contribution is 9.10. The molecule has 0 saturated carbocycles. The molecule has 0 aliphatic heterocycles. The number of aryl methyl sites for hydroxylation is 1. The van der Waals surface area contributed by atoms with Crippen LogP contribution in [0, 0.1) is 6.92 Å². The van der Waals surface area contributed by atoms with Crippen LogP contribution in [-0.2, 0) is 0 Å². The van der Waals surface area contributed by atoms with E-state index in [1.165, 1.54) is 0 Å². The minimum Gasteiger partial charge on any atom is -0.490 e. The zero-order valence-electron chi connectivity index (χ0n) is 11.0. The number of nitrogens with zero attached hydrogens (tertiary/aromatic N) is 1. The van der Waals surface area contributed by atoms with Gasteiger partial charge >= 0.3 is 0 Å². The predicted molar refractivity (Wildman–Crippen MR) is 79.0 cm³/mol. The zero-order chi connectivity index (χ0) is 13.7. The molecule has 0 amide bonds. The molecular formula is C15H16BrNO2. The number of pyridine rings is 1. The van der Waals surface area contributed by atoms with E-state index < -0.39 is 0 Å². The molecule has 0 aliphatic carbocycles. The Bertz CT molecular complexity index is 558. The summed E-state index contributed by atoms with van der Waals surface area (Å²) in [6.45, 7) is 4.71. The number of para-hydroxylation sites is 2. The SMILES string of the molecule is CCCOc1ccccc1Oc1ncc(Br)cc1C. The Morgan fingerprint density at radius 1 is 1.21 bits per heavy atom. The Hall–Kier alpha value is -1.55. The van der Waals surface area contributed by atoms with Crippen molar-refractivity contribution in [1.82, 2.24) is 4.98 Å². The highest BCUT2D eigenvalue weighted by atomic mass is 79.9. The molecule has 0 bridgehead atoms. The van der Waals surface area contributed by atoms with E-state index in [0.29, 0.717) is 18.2 Å². The van der Waals surface area contributed by atoms with Gasteiger partial charge in [0.05, 0.1) is 6.61 Å². The normalized spacial score (nSPS) is 10.3. The van der Waals surface area contributed by atoms with E-state index in [4.69, 9.17) is 9.47 Å². The molecule has 1 aromatic carbocycles. The second-order valence-corrected chi connectivity index (χ2v) is 5.09. The standard InChI is InChI=1S/C15H16BrNO2/c1-3-8-18-13-6-4-5-7-14(13)19-15-11(2)9-12(16)10-17-15/h4-7,9-10H,3,8H2,1-2H3. The van der Waals surface area contributed by atoms with Gasteiger partial charge in [-0.15, -0.1) is 0 Å². The van der Waals surface area contributed by atoms with Gasteiger partial charge in [0.1, 0.15) is 0 Å². The summed E-state index contributed by atoms with van der Waals surface area (Å²) in [5, 5.41) is 0. The first-order valence-electron chi connectivity index (χ1n) is 6.22. The lowest BCUT2D eigenvalue weighted by Crippen LogP contribution is -1.98. The minimum absolute atomic E-state index is 0.593. The van der Waals surface area contributed by atoms with Crippen molar-refractivity contribution >= 4 is 15.9 Å². The molecule has 19 heavy (non-hydrogen) atoms. The molecule has 2 rings (SSSR count). The largest absolute Gasteiger partial charge is 0.490 e. The van der Waals surface area contributed by atoms with Crippen LogP contribution in [0.3, 0.4) is 0 Å². The van der Waals surface area contributed by atoms with Crippen LogP contribution in [0.25, 0.3) is 0 Å². The summed E-state index contributed by atoms with van der Waals surface area (Å²) in [5.41, 5.74) is 0.972. The van der Waals surface area contributed by atoms with E-state index in [9.17, 15) is 0 Å². The maximum atomic E-state index is 5.84. The number of benzene rings is 1. The van der Waals surface area contributed by atoms with Crippen molar-refractivity contribution in [3.8, 4) is 17.4 Å². The number of rotatable bonds is 5. The molecule has 0 unspecified atom stereocenters. The van der Waals surface area contributed by atoms with Crippen LogP contribution in [0.1, 0.15) is 18.9 Å². The van der Waals surface area contributed by atoms with Gasteiger partial charge in [-0.25, -0.2) is 4.98 Å². The van der Waals surface area contributed by atoms with Crippen LogP contribution >= 0.6 is 15.9 Å². The van der Waals surface area contributed by atoms with E-state index in [1.54, 1.807) is 6.20 Å². The minimum atomic E-state index is 0.593. The Morgan fingerprint density at radius 3 is 2.63 bits per heavy atom. The van der Waals surface area contributed by atoms with Gasteiger partial charge in [0.25, 0.3) is 0 Å². The third-order valence-electron chi connectivity index (χ3n) is 2.51. The number of ether oxygens (including phenoxy) is 2. The summed E-state index contributed by atoms with van der Waals surface area (Å²) in [7, 11) is 0. The molecule has 1 heterocycles. The van der Waals surface area contributed by atoms with Crippen LogP contribution in [0.15, 0.2) is 41.0 Å². The highest BCUT2D eigenvalue weighted by Gasteiger charge is 2.08. The van der Waals surface area contributed by atoms with Crippen LogP contribution in [0.2, 0.25) is 0 Å². The van der Waals surface area contributed by atoms with Gasteiger partial charge in [0.2, 0.25) is 5.88 Å². The van der Waals surface area contributed by atoms with E-state index in [0.717, 1.165) is 22.2 Å². The monoisotopic (exact) mass is 321 g/mol. The molecule has 100 valence electrons. The Labute approximate surface area is 121 Å². The maximum Gasteiger partial charge on any atom is 0.222 e. The third-order valence-corrected chi connectivity index (χ3v) is 2.95. The molecule has 4 heteroatoms. The second kappa shape index (κ2) is 6.57. The summed E-state index contributed by atoms with van der Waals surface area (Å²) >= 11 is 3.39. The van der Waals surface area contributed by atoms with Crippen LogP contribution < -0.4 is 9.47 Å². The first-order chi connectivity index (χ1) is 9.20. The van der Waals surface area contributed by atoms with Crippen molar-refractivity contribution in [2.45, 2.75) is 20.3 Å².